The van der Waals surface area contributed by atoms with E-state index in [2.05, 4.69) is 28.4 Å². The van der Waals surface area contributed by atoms with Gasteiger partial charge in [-0.1, -0.05) is 36.4 Å². The van der Waals surface area contributed by atoms with Crippen molar-refractivity contribution in [3.05, 3.63) is 82.0 Å². The Morgan fingerprint density at radius 1 is 1.13 bits per heavy atom. The SMILES string of the molecule is COc1ccc(OC)c([C@H]2CCCN2CC(=O)N[C@H](c2ccccc2)c2cccs2)c1. The monoisotopic (exact) mass is 436 g/mol. The first-order valence-electron chi connectivity index (χ1n) is 10.5. The van der Waals surface area contributed by atoms with E-state index in [0.29, 0.717) is 6.54 Å². The van der Waals surface area contributed by atoms with Crippen LogP contribution in [0.5, 0.6) is 11.5 Å². The molecule has 2 heterocycles. The number of hydrogen-bond donors (Lipinski definition) is 1. The fourth-order valence-electron chi connectivity index (χ4n) is 4.28. The molecule has 1 aromatic heterocycles. The molecule has 0 unspecified atom stereocenters. The Balaban J connectivity index is 1.51. The summed E-state index contributed by atoms with van der Waals surface area (Å²) in [5, 5.41) is 5.30. The van der Waals surface area contributed by atoms with Gasteiger partial charge in [0.1, 0.15) is 11.5 Å². The molecule has 4 rings (SSSR count). The summed E-state index contributed by atoms with van der Waals surface area (Å²) < 4.78 is 11.0. The van der Waals surface area contributed by atoms with Gasteiger partial charge in [-0.25, -0.2) is 0 Å². The van der Waals surface area contributed by atoms with Gasteiger partial charge in [-0.15, -0.1) is 11.3 Å². The Morgan fingerprint density at radius 3 is 2.68 bits per heavy atom. The molecule has 1 amide bonds. The number of likely N-dealkylation sites (tertiary alicyclic amines) is 1. The van der Waals surface area contributed by atoms with E-state index >= 15 is 0 Å². The fourth-order valence-corrected chi connectivity index (χ4v) is 5.08. The van der Waals surface area contributed by atoms with E-state index in [1.807, 2.05) is 47.8 Å². The number of thiophene rings is 1. The van der Waals surface area contributed by atoms with Crippen molar-refractivity contribution in [2.45, 2.75) is 24.9 Å². The number of carbonyl (C=O) groups is 1. The Hall–Kier alpha value is -2.83. The zero-order chi connectivity index (χ0) is 21.6. The number of nitrogens with zero attached hydrogens (tertiary/aromatic N) is 1. The largest absolute Gasteiger partial charge is 0.497 e. The van der Waals surface area contributed by atoms with Crippen molar-refractivity contribution in [2.24, 2.45) is 0 Å². The van der Waals surface area contributed by atoms with Crippen LogP contribution in [0, 0.1) is 0 Å². The van der Waals surface area contributed by atoms with Crippen LogP contribution in [0.2, 0.25) is 0 Å². The molecule has 162 valence electrons. The minimum absolute atomic E-state index is 0.0241. The van der Waals surface area contributed by atoms with E-state index in [4.69, 9.17) is 9.47 Å². The van der Waals surface area contributed by atoms with E-state index in [-0.39, 0.29) is 18.0 Å². The predicted octanol–water partition coefficient (Wildman–Crippen LogP) is 4.81. The standard InChI is InChI=1S/C25H28N2O3S/c1-29-19-12-13-22(30-2)20(16-19)21-10-6-14-27(21)17-24(28)26-25(23-11-7-15-31-23)18-8-4-3-5-9-18/h3-5,7-9,11-13,15-16,21,25H,6,10,14,17H2,1-2H3,(H,26,28)/t21-,25-/m1/s1. The predicted molar refractivity (Wildman–Crippen MR) is 124 cm³/mol. The van der Waals surface area contributed by atoms with Crippen molar-refractivity contribution >= 4 is 17.2 Å². The van der Waals surface area contributed by atoms with E-state index in [1.165, 1.54) is 0 Å². The first-order chi connectivity index (χ1) is 15.2. The molecule has 6 heteroatoms. The fraction of sp³-hybridized carbons (Fsp3) is 0.320. The number of rotatable bonds is 8. The maximum absolute atomic E-state index is 13.1. The molecular formula is C25H28N2O3S. The third-order valence-electron chi connectivity index (χ3n) is 5.77. The van der Waals surface area contributed by atoms with Crippen molar-refractivity contribution in [1.82, 2.24) is 10.2 Å². The molecule has 1 fully saturated rings. The highest BCUT2D eigenvalue weighted by atomic mass is 32.1. The summed E-state index contributed by atoms with van der Waals surface area (Å²) in [5.74, 6) is 1.66. The summed E-state index contributed by atoms with van der Waals surface area (Å²) in [5.41, 5.74) is 2.16. The van der Waals surface area contributed by atoms with Crippen molar-refractivity contribution in [3.8, 4) is 11.5 Å². The molecule has 0 saturated carbocycles. The van der Waals surface area contributed by atoms with Gasteiger partial charge in [0.05, 0.1) is 26.8 Å². The van der Waals surface area contributed by atoms with Crippen molar-refractivity contribution in [1.29, 1.82) is 0 Å². The summed E-state index contributed by atoms with van der Waals surface area (Å²) in [6.07, 6.45) is 2.04. The smallest absolute Gasteiger partial charge is 0.234 e. The number of nitrogens with one attached hydrogen (secondary N) is 1. The Labute approximate surface area is 187 Å². The lowest BCUT2D eigenvalue weighted by atomic mass is 10.0. The number of ether oxygens (including phenoxy) is 2. The lowest BCUT2D eigenvalue weighted by Crippen LogP contribution is -2.38. The van der Waals surface area contributed by atoms with E-state index in [0.717, 1.165) is 46.9 Å². The van der Waals surface area contributed by atoms with Gasteiger partial charge in [-0.2, -0.15) is 0 Å². The molecule has 1 aliphatic heterocycles. The van der Waals surface area contributed by atoms with Crippen LogP contribution in [0.3, 0.4) is 0 Å². The van der Waals surface area contributed by atoms with Crippen LogP contribution in [0.25, 0.3) is 0 Å². The zero-order valence-electron chi connectivity index (χ0n) is 17.9. The van der Waals surface area contributed by atoms with Gasteiger partial charge in [-0.3, -0.25) is 9.69 Å². The molecule has 1 saturated heterocycles. The highest BCUT2D eigenvalue weighted by Gasteiger charge is 2.31. The molecule has 0 spiro atoms. The number of hydrogen-bond acceptors (Lipinski definition) is 5. The summed E-state index contributed by atoms with van der Waals surface area (Å²) >= 11 is 1.66. The average Bonchev–Trinajstić information content (AvgIpc) is 3.50. The van der Waals surface area contributed by atoms with Crippen LogP contribution >= 0.6 is 11.3 Å². The molecule has 0 aliphatic carbocycles. The normalized spacial score (nSPS) is 17.3. The van der Waals surface area contributed by atoms with E-state index in [1.54, 1.807) is 25.6 Å². The average molecular weight is 437 g/mol. The molecule has 31 heavy (non-hydrogen) atoms. The van der Waals surface area contributed by atoms with Gasteiger partial charge in [0.15, 0.2) is 0 Å². The van der Waals surface area contributed by atoms with E-state index < -0.39 is 0 Å². The highest BCUT2D eigenvalue weighted by Crippen LogP contribution is 2.38. The topological polar surface area (TPSA) is 50.8 Å². The lowest BCUT2D eigenvalue weighted by Gasteiger charge is -2.27. The third kappa shape index (κ3) is 4.92. The van der Waals surface area contributed by atoms with Gasteiger partial charge in [0.25, 0.3) is 0 Å². The van der Waals surface area contributed by atoms with Crippen LogP contribution in [0.4, 0.5) is 0 Å². The van der Waals surface area contributed by atoms with Crippen LogP contribution in [0.1, 0.15) is 40.9 Å². The molecule has 0 radical (unpaired) electrons. The Morgan fingerprint density at radius 2 is 1.97 bits per heavy atom. The van der Waals surface area contributed by atoms with Crippen molar-refractivity contribution < 1.29 is 14.3 Å². The third-order valence-corrected chi connectivity index (χ3v) is 6.71. The van der Waals surface area contributed by atoms with Crippen LogP contribution in [-0.4, -0.2) is 38.1 Å². The maximum atomic E-state index is 13.1. The molecule has 0 bridgehead atoms. The summed E-state index contributed by atoms with van der Waals surface area (Å²) in [4.78, 5) is 16.5. The second-order valence-electron chi connectivity index (χ2n) is 7.66. The molecular weight excluding hydrogens is 408 g/mol. The maximum Gasteiger partial charge on any atom is 0.234 e. The van der Waals surface area contributed by atoms with Crippen LogP contribution in [-0.2, 0) is 4.79 Å². The lowest BCUT2D eigenvalue weighted by molar-refractivity contribution is -0.123. The molecule has 1 N–H and O–H groups in total. The van der Waals surface area contributed by atoms with Gasteiger partial charge in [0, 0.05) is 16.5 Å². The molecule has 2 atom stereocenters. The number of amides is 1. The number of methoxy groups -OCH3 is 2. The summed E-state index contributed by atoms with van der Waals surface area (Å²) in [7, 11) is 3.35. The van der Waals surface area contributed by atoms with Crippen molar-refractivity contribution in [3.63, 3.8) is 0 Å². The zero-order valence-corrected chi connectivity index (χ0v) is 18.7. The first-order valence-corrected chi connectivity index (χ1v) is 11.4. The van der Waals surface area contributed by atoms with Gasteiger partial charge >= 0.3 is 0 Å². The quantitative estimate of drug-likeness (QED) is 0.551. The minimum atomic E-state index is -0.138. The van der Waals surface area contributed by atoms with Crippen LogP contribution in [0.15, 0.2) is 66.0 Å². The highest BCUT2D eigenvalue weighted by molar-refractivity contribution is 7.10. The first kappa shape index (κ1) is 21.4. The van der Waals surface area contributed by atoms with E-state index in [9.17, 15) is 4.79 Å². The van der Waals surface area contributed by atoms with Gasteiger partial charge < -0.3 is 14.8 Å². The summed E-state index contributed by atoms with van der Waals surface area (Å²) in [6, 6.07) is 20.1. The second kappa shape index (κ2) is 9.98. The minimum Gasteiger partial charge on any atom is -0.497 e. The number of carbonyl (C=O) groups excluding carboxylic acids is 1. The Kier molecular flexibility index (Phi) is 6.89. The van der Waals surface area contributed by atoms with Gasteiger partial charge in [-0.05, 0) is 54.6 Å². The van der Waals surface area contributed by atoms with Crippen molar-refractivity contribution in [2.75, 3.05) is 27.3 Å². The molecule has 5 nitrogen and oxygen atoms in total. The molecule has 1 aliphatic rings. The second-order valence-corrected chi connectivity index (χ2v) is 8.64. The van der Waals surface area contributed by atoms with Crippen LogP contribution < -0.4 is 14.8 Å². The molecule has 3 aromatic rings. The van der Waals surface area contributed by atoms with Gasteiger partial charge in [0.2, 0.25) is 5.91 Å². The molecule has 2 aromatic carbocycles. The number of benzene rings is 2. The Bertz CT molecular complexity index is 991. The summed E-state index contributed by atoms with van der Waals surface area (Å²) in [6.45, 7) is 1.23.